The highest BCUT2D eigenvalue weighted by Gasteiger charge is 2.38. The van der Waals surface area contributed by atoms with Gasteiger partial charge in [0, 0.05) is 68.8 Å². The molecule has 3 aliphatic heterocycles. The summed E-state index contributed by atoms with van der Waals surface area (Å²) in [5.41, 5.74) is 3.00. The Morgan fingerprint density at radius 2 is 2.06 bits per heavy atom. The number of fused-ring (bicyclic) bond motifs is 1. The van der Waals surface area contributed by atoms with Gasteiger partial charge in [-0.25, -0.2) is 0 Å². The van der Waals surface area contributed by atoms with Crippen LogP contribution in [0.4, 0.5) is 18.9 Å². The first-order valence-electron chi connectivity index (χ1n) is 12.0. The molecule has 2 N–H and O–H groups in total. The number of benzene rings is 1. The van der Waals surface area contributed by atoms with Crippen molar-refractivity contribution in [3.63, 3.8) is 0 Å². The zero-order valence-electron chi connectivity index (χ0n) is 20.3. The number of rotatable bonds is 4. The summed E-state index contributed by atoms with van der Waals surface area (Å²) in [4.78, 5) is 15.7. The van der Waals surface area contributed by atoms with Crippen molar-refractivity contribution >= 4 is 17.4 Å². The van der Waals surface area contributed by atoms with Crippen molar-refractivity contribution in [1.29, 1.82) is 5.41 Å². The monoisotopic (exact) mass is 502 g/mol. The molecule has 1 unspecified atom stereocenters. The summed E-state index contributed by atoms with van der Waals surface area (Å²) < 4.78 is 47.2. The molecule has 0 bridgehead atoms. The number of ether oxygens (including phenoxy) is 1. The van der Waals surface area contributed by atoms with Crippen LogP contribution in [0, 0.1) is 5.41 Å². The van der Waals surface area contributed by atoms with Crippen LogP contribution in [0.3, 0.4) is 0 Å². The minimum atomic E-state index is -4.55. The van der Waals surface area contributed by atoms with Crippen LogP contribution in [0.2, 0.25) is 0 Å². The summed E-state index contributed by atoms with van der Waals surface area (Å²) in [6.45, 7) is 4.33. The molecule has 36 heavy (non-hydrogen) atoms. The number of carbonyl (C=O) groups is 1. The molecular formula is C25H29F3N6O2. The largest absolute Gasteiger partial charge is 0.435 e. The number of aryl methyl sites for hydroxylation is 1. The number of alkyl halides is 3. The molecule has 1 atom stereocenters. The Bertz CT molecular complexity index is 1230. The molecule has 2 aromatic rings. The van der Waals surface area contributed by atoms with Crippen molar-refractivity contribution in [2.45, 2.75) is 38.4 Å². The summed E-state index contributed by atoms with van der Waals surface area (Å²) >= 11 is 0. The van der Waals surface area contributed by atoms with Crippen molar-refractivity contribution in [2.24, 2.45) is 7.05 Å². The number of carbonyl (C=O) groups excluding carboxylic acids is 1. The quantitative estimate of drug-likeness (QED) is 0.495. The second-order valence-electron chi connectivity index (χ2n) is 9.51. The lowest BCUT2D eigenvalue weighted by atomic mass is 10.0. The Hall–Kier alpha value is -3.34. The first-order chi connectivity index (χ1) is 17.1. The molecule has 1 aromatic carbocycles. The molecule has 1 saturated heterocycles. The molecule has 8 nitrogen and oxygen atoms in total. The maximum absolute atomic E-state index is 13.5. The van der Waals surface area contributed by atoms with Gasteiger partial charge in [-0.15, -0.1) is 0 Å². The Morgan fingerprint density at radius 1 is 1.25 bits per heavy atom. The molecule has 1 fully saturated rings. The second-order valence-corrected chi connectivity index (χ2v) is 9.51. The van der Waals surface area contributed by atoms with Gasteiger partial charge >= 0.3 is 6.18 Å². The minimum Gasteiger partial charge on any atom is -0.383 e. The van der Waals surface area contributed by atoms with Gasteiger partial charge in [0.05, 0.1) is 19.2 Å². The van der Waals surface area contributed by atoms with E-state index in [1.165, 1.54) is 24.9 Å². The zero-order chi connectivity index (χ0) is 25.6. The number of nitrogens with one attached hydrogen (secondary N) is 2. The number of amides is 1. The van der Waals surface area contributed by atoms with E-state index in [0.29, 0.717) is 57.1 Å². The number of nitrogens with zero attached hydrogens (tertiary/aromatic N) is 4. The lowest BCUT2D eigenvalue weighted by molar-refractivity contribution is -0.141. The first-order valence-corrected chi connectivity index (χ1v) is 12.0. The predicted octanol–water partition coefficient (Wildman–Crippen LogP) is 3.33. The molecule has 1 amide bonds. The van der Waals surface area contributed by atoms with Crippen LogP contribution >= 0.6 is 0 Å². The molecule has 0 aliphatic carbocycles. The number of amidine groups is 1. The maximum atomic E-state index is 13.5. The minimum absolute atomic E-state index is 0.0352. The fraction of sp³-hybridized carbons (Fsp3) is 0.480. The van der Waals surface area contributed by atoms with Crippen LogP contribution < -0.4 is 10.2 Å². The van der Waals surface area contributed by atoms with E-state index in [1.54, 1.807) is 23.1 Å². The third-order valence-electron chi connectivity index (χ3n) is 7.04. The molecule has 1 aromatic heterocycles. The van der Waals surface area contributed by atoms with E-state index < -0.39 is 11.9 Å². The zero-order valence-corrected chi connectivity index (χ0v) is 20.3. The van der Waals surface area contributed by atoms with Crippen molar-refractivity contribution in [3.8, 4) is 11.1 Å². The molecule has 4 heterocycles. The average Bonchev–Trinajstić information content (AvgIpc) is 3.57. The third kappa shape index (κ3) is 4.59. The van der Waals surface area contributed by atoms with Crippen LogP contribution in [0.25, 0.3) is 11.1 Å². The molecule has 0 saturated carbocycles. The fourth-order valence-corrected chi connectivity index (χ4v) is 5.18. The number of aromatic nitrogens is 2. The predicted molar refractivity (Wildman–Crippen MR) is 129 cm³/mol. The van der Waals surface area contributed by atoms with Crippen LogP contribution in [0.5, 0.6) is 0 Å². The smallest absolute Gasteiger partial charge is 0.383 e. The highest BCUT2D eigenvalue weighted by molar-refractivity contribution is 6.10. The van der Waals surface area contributed by atoms with Crippen molar-refractivity contribution < 1.29 is 22.7 Å². The summed E-state index contributed by atoms with van der Waals surface area (Å²) in [6.07, 6.45) is -1.03. The average molecular weight is 503 g/mol. The van der Waals surface area contributed by atoms with E-state index >= 15 is 0 Å². The Kier molecular flexibility index (Phi) is 6.27. The van der Waals surface area contributed by atoms with Gasteiger partial charge in [-0.1, -0.05) is 6.07 Å². The standard InChI is InChI=1S/C25H29F3N6O2/c1-15(35)33-8-6-21(30-18-7-10-36-14-18)20(13-33)24(29)34-9-5-17-11-16(3-4-22(17)34)19-12-32(2)31-23(19)25(26,27)28/h3-4,11-12,18,29-30H,5-10,13-14H2,1-2H3. The van der Waals surface area contributed by atoms with Crippen molar-refractivity contribution in [3.05, 3.63) is 46.9 Å². The summed E-state index contributed by atoms with van der Waals surface area (Å²) in [7, 11) is 1.47. The number of halogens is 3. The highest BCUT2D eigenvalue weighted by Crippen LogP contribution is 2.39. The van der Waals surface area contributed by atoms with E-state index in [4.69, 9.17) is 10.1 Å². The molecular weight excluding hydrogens is 473 g/mol. The van der Waals surface area contributed by atoms with Gasteiger partial charge in [-0.2, -0.15) is 18.3 Å². The van der Waals surface area contributed by atoms with Crippen molar-refractivity contribution in [2.75, 3.05) is 37.7 Å². The van der Waals surface area contributed by atoms with Gasteiger partial charge in [0.25, 0.3) is 0 Å². The number of hydrogen-bond donors (Lipinski definition) is 2. The summed E-state index contributed by atoms with van der Waals surface area (Å²) in [6, 6.07) is 5.38. The number of hydrogen-bond acceptors (Lipinski definition) is 5. The summed E-state index contributed by atoms with van der Waals surface area (Å²) in [5, 5.41) is 16.2. The lowest BCUT2D eigenvalue weighted by Crippen LogP contribution is -2.44. The number of anilines is 1. The highest BCUT2D eigenvalue weighted by atomic mass is 19.4. The molecule has 3 aliphatic rings. The molecule has 192 valence electrons. The summed E-state index contributed by atoms with van der Waals surface area (Å²) in [5.74, 6) is 0.276. The lowest BCUT2D eigenvalue weighted by Gasteiger charge is -2.34. The molecule has 5 rings (SSSR count). The van der Waals surface area contributed by atoms with E-state index in [-0.39, 0.29) is 17.5 Å². The topological polar surface area (TPSA) is 86.5 Å². The van der Waals surface area contributed by atoms with E-state index in [2.05, 4.69) is 10.4 Å². The second kappa shape index (κ2) is 9.27. The Balaban J connectivity index is 1.45. The molecule has 0 spiro atoms. The van der Waals surface area contributed by atoms with Gasteiger partial charge in [0.15, 0.2) is 5.69 Å². The van der Waals surface area contributed by atoms with Crippen LogP contribution in [0.1, 0.15) is 31.0 Å². The Labute approximate surface area is 207 Å². The first kappa shape index (κ1) is 24.4. The fourth-order valence-electron chi connectivity index (χ4n) is 5.18. The van der Waals surface area contributed by atoms with E-state index in [1.807, 2.05) is 4.90 Å². The van der Waals surface area contributed by atoms with Gasteiger partial charge in [-0.3, -0.25) is 14.9 Å². The maximum Gasteiger partial charge on any atom is 0.435 e. The normalized spacial score (nSPS) is 20.2. The van der Waals surface area contributed by atoms with Crippen molar-refractivity contribution in [1.82, 2.24) is 20.0 Å². The van der Waals surface area contributed by atoms with Gasteiger partial charge in [0.2, 0.25) is 5.91 Å². The Morgan fingerprint density at radius 3 is 2.75 bits per heavy atom. The molecule has 11 heteroatoms. The third-order valence-corrected chi connectivity index (χ3v) is 7.04. The SMILES string of the molecule is CC(=O)N1CCC(NC2CCOC2)=C(C(=N)N2CCc3cc(-c4cn(C)nc4C(F)(F)F)ccc32)C1. The van der Waals surface area contributed by atoms with E-state index in [9.17, 15) is 18.0 Å². The van der Waals surface area contributed by atoms with Crippen LogP contribution in [-0.2, 0) is 29.2 Å². The molecule has 0 radical (unpaired) electrons. The van der Waals surface area contributed by atoms with Crippen LogP contribution in [-0.4, -0.2) is 65.3 Å². The van der Waals surface area contributed by atoms with Crippen LogP contribution in [0.15, 0.2) is 35.7 Å². The van der Waals surface area contributed by atoms with E-state index in [0.717, 1.165) is 28.9 Å². The van der Waals surface area contributed by atoms with Gasteiger partial charge in [-0.05, 0) is 36.1 Å². The van der Waals surface area contributed by atoms with Gasteiger partial charge in [0.1, 0.15) is 5.84 Å². The van der Waals surface area contributed by atoms with Gasteiger partial charge < -0.3 is 19.9 Å².